The maximum Gasteiger partial charge on any atom is 0.263 e. The Morgan fingerprint density at radius 2 is 2.24 bits per heavy atom. The highest BCUT2D eigenvalue weighted by atomic mass is 32.1. The Labute approximate surface area is 126 Å². The second-order valence-electron chi connectivity index (χ2n) is 5.83. The zero-order valence-corrected chi connectivity index (χ0v) is 12.9. The van der Waals surface area contributed by atoms with E-state index in [9.17, 15) is 4.79 Å². The smallest absolute Gasteiger partial charge is 0.263 e. The van der Waals surface area contributed by atoms with E-state index in [0.29, 0.717) is 27.5 Å². The lowest BCUT2D eigenvalue weighted by Crippen LogP contribution is -2.45. The van der Waals surface area contributed by atoms with Gasteiger partial charge in [0.2, 0.25) is 0 Å². The van der Waals surface area contributed by atoms with E-state index in [-0.39, 0.29) is 17.6 Å². The number of anilines is 1. The SMILES string of the molecule is CC1(C)CC(NC(=O)c2sc3nccnc3c2N)CCO1. The van der Waals surface area contributed by atoms with Crippen LogP contribution in [0.25, 0.3) is 10.3 Å². The fourth-order valence-electron chi connectivity index (χ4n) is 2.62. The molecule has 2 aromatic heterocycles. The van der Waals surface area contributed by atoms with Gasteiger partial charge in [-0.05, 0) is 26.7 Å². The van der Waals surface area contributed by atoms with Crippen molar-refractivity contribution in [2.24, 2.45) is 0 Å². The van der Waals surface area contributed by atoms with Crippen molar-refractivity contribution >= 4 is 33.3 Å². The monoisotopic (exact) mass is 306 g/mol. The molecule has 6 nitrogen and oxygen atoms in total. The molecule has 0 spiro atoms. The second-order valence-corrected chi connectivity index (χ2v) is 6.83. The topological polar surface area (TPSA) is 90.1 Å². The van der Waals surface area contributed by atoms with Crippen molar-refractivity contribution in [1.29, 1.82) is 0 Å². The highest BCUT2D eigenvalue weighted by Crippen LogP contribution is 2.31. The number of hydrogen-bond acceptors (Lipinski definition) is 6. The Hall–Kier alpha value is -1.73. The van der Waals surface area contributed by atoms with Gasteiger partial charge in [-0.15, -0.1) is 11.3 Å². The Kier molecular flexibility index (Phi) is 3.54. The van der Waals surface area contributed by atoms with Gasteiger partial charge in [-0.1, -0.05) is 0 Å². The summed E-state index contributed by atoms with van der Waals surface area (Å²) in [5.41, 5.74) is 6.82. The number of rotatable bonds is 2. The predicted molar refractivity (Wildman–Crippen MR) is 82.3 cm³/mol. The molecule has 2 aromatic rings. The van der Waals surface area contributed by atoms with E-state index in [2.05, 4.69) is 15.3 Å². The van der Waals surface area contributed by atoms with Gasteiger partial charge in [0, 0.05) is 25.0 Å². The zero-order valence-electron chi connectivity index (χ0n) is 12.0. The molecule has 0 saturated carbocycles. The molecule has 1 unspecified atom stereocenters. The second kappa shape index (κ2) is 5.23. The molecule has 0 radical (unpaired) electrons. The Bertz CT molecular complexity index is 683. The summed E-state index contributed by atoms with van der Waals surface area (Å²) >= 11 is 1.28. The summed E-state index contributed by atoms with van der Waals surface area (Å²) in [6, 6.07) is 0.104. The summed E-state index contributed by atoms with van der Waals surface area (Å²) in [6.07, 6.45) is 4.78. The van der Waals surface area contributed by atoms with Crippen LogP contribution in [0.15, 0.2) is 12.4 Å². The summed E-state index contributed by atoms with van der Waals surface area (Å²) in [5.74, 6) is -0.153. The third-order valence-electron chi connectivity index (χ3n) is 3.60. The largest absolute Gasteiger partial charge is 0.396 e. The molecule has 112 valence electrons. The molecule has 3 heterocycles. The number of nitrogens with two attached hydrogens (primary N) is 1. The summed E-state index contributed by atoms with van der Waals surface area (Å²) in [5, 5.41) is 3.05. The van der Waals surface area contributed by atoms with Crippen LogP contribution in [0.2, 0.25) is 0 Å². The Balaban J connectivity index is 1.79. The summed E-state index contributed by atoms with van der Waals surface area (Å²) < 4.78 is 5.66. The van der Waals surface area contributed by atoms with E-state index >= 15 is 0 Å². The van der Waals surface area contributed by atoms with Crippen molar-refractivity contribution in [2.75, 3.05) is 12.3 Å². The van der Waals surface area contributed by atoms with Gasteiger partial charge >= 0.3 is 0 Å². The average molecular weight is 306 g/mol. The molecule has 0 bridgehead atoms. The average Bonchev–Trinajstić information content (AvgIpc) is 2.76. The van der Waals surface area contributed by atoms with Crippen LogP contribution in [0.1, 0.15) is 36.4 Å². The maximum atomic E-state index is 12.4. The first-order valence-electron chi connectivity index (χ1n) is 6.90. The minimum absolute atomic E-state index is 0.104. The Morgan fingerprint density at radius 3 is 2.95 bits per heavy atom. The fourth-order valence-corrected chi connectivity index (χ4v) is 3.54. The molecule has 1 aliphatic heterocycles. The molecular weight excluding hydrogens is 288 g/mol. The molecule has 0 aromatic carbocycles. The van der Waals surface area contributed by atoms with Crippen molar-refractivity contribution in [3.63, 3.8) is 0 Å². The lowest BCUT2D eigenvalue weighted by Gasteiger charge is -2.35. The van der Waals surface area contributed by atoms with Crippen molar-refractivity contribution in [3.05, 3.63) is 17.3 Å². The number of carbonyl (C=O) groups excluding carboxylic acids is 1. The molecule has 1 amide bonds. The highest BCUT2D eigenvalue weighted by molar-refractivity contribution is 7.21. The Morgan fingerprint density at radius 1 is 1.48 bits per heavy atom. The van der Waals surface area contributed by atoms with Crippen LogP contribution in [0.4, 0.5) is 5.69 Å². The molecule has 0 aliphatic carbocycles. The number of hydrogen-bond donors (Lipinski definition) is 2. The maximum absolute atomic E-state index is 12.4. The van der Waals surface area contributed by atoms with E-state index in [4.69, 9.17) is 10.5 Å². The predicted octanol–water partition coefficient (Wildman–Crippen LogP) is 1.96. The molecule has 1 aliphatic rings. The van der Waals surface area contributed by atoms with Gasteiger partial charge in [0.05, 0.1) is 11.3 Å². The van der Waals surface area contributed by atoms with Gasteiger partial charge in [-0.25, -0.2) is 9.97 Å². The van der Waals surface area contributed by atoms with Crippen LogP contribution in [0, 0.1) is 0 Å². The molecule has 1 saturated heterocycles. The molecule has 3 N–H and O–H groups in total. The van der Waals surface area contributed by atoms with Gasteiger partial charge in [-0.3, -0.25) is 4.79 Å². The van der Waals surface area contributed by atoms with Crippen LogP contribution in [0.3, 0.4) is 0 Å². The lowest BCUT2D eigenvalue weighted by atomic mass is 9.94. The van der Waals surface area contributed by atoms with Crippen molar-refractivity contribution in [2.45, 2.75) is 38.3 Å². The van der Waals surface area contributed by atoms with Crippen molar-refractivity contribution < 1.29 is 9.53 Å². The van der Waals surface area contributed by atoms with Gasteiger partial charge in [0.1, 0.15) is 15.2 Å². The molecule has 1 fully saturated rings. The van der Waals surface area contributed by atoms with E-state index < -0.39 is 0 Å². The molecule has 7 heteroatoms. The lowest BCUT2D eigenvalue weighted by molar-refractivity contribution is -0.0615. The molecule has 1 atom stereocenters. The van der Waals surface area contributed by atoms with Gasteiger partial charge in [-0.2, -0.15) is 0 Å². The first-order valence-corrected chi connectivity index (χ1v) is 7.72. The number of nitrogen functional groups attached to an aromatic ring is 1. The first-order chi connectivity index (χ1) is 9.96. The number of thiophene rings is 1. The summed E-state index contributed by atoms with van der Waals surface area (Å²) in [7, 11) is 0. The minimum atomic E-state index is -0.203. The fraction of sp³-hybridized carbons (Fsp3) is 0.500. The number of nitrogens with one attached hydrogen (secondary N) is 1. The standard InChI is InChI=1S/C14H18N4O2S/c1-14(2)7-8(3-6-20-14)18-12(19)11-9(15)10-13(21-11)17-5-4-16-10/h4-5,8H,3,6-7,15H2,1-2H3,(H,18,19). The number of amides is 1. The third kappa shape index (κ3) is 2.84. The first kappa shape index (κ1) is 14.2. The molecule has 3 rings (SSSR count). The summed E-state index contributed by atoms with van der Waals surface area (Å²) in [6.45, 7) is 4.73. The van der Waals surface area contributed by atoms with Crippen LogP contribution in [-0.4, -0.2) is 34.1 Å². The van der Waals surface area contributed by atoms with Gasteiger partial charge in [0.25, 0.3) is 5.91 Å². The molecular formula is C14H18N4O2S. The van der Waals surface area contributed by atoms with Crippen LogP contribution < -0.4 is 11.1 Å². The van der Waals surface area contributed by atoms with E-state index in [0.717, 1.165) is 12.8 Å². The minimum Gasteiger partial charge on any atom is -0.396 e. The number of aromatic nitrogens is 2. The third-order valence-corrected chi connectivity index (χ3v) is 4.70. The van der Waals surface area contributed by atoms with Crippen LogP contribution >= 0.6 is 11.3 Å². The van der Waals surface area contributed by atoms with Gasteiger partial charge in [0.15, 0.2) is 0 Å². The number of fused-ring (bicyclic) bond motifs is 1. The molecule has 21 heavy (non-hydrogen) atoms. The van der Waals surface area contributed by atoms with E-state index in [1.807, 2.05) is 13.8 Å². The highest BCUT2D eigenvalue weighted by Gasteiger charge is 2.30. The van der Waals surface area contributed by atoms with Crippen molar-refractivity contribution in [1.82, 2.24) is 15.3 Å². The van der Waals surface area contributed by atoms with Crippen molar-refractivity contribution in [3.8, 4) is 0 Å². The van der Waals surface area contributed by atoms with Gasteiger partial charge < -0.3 is 15.8 Å². The summed E-state index contributed by atoms with van der Waals surface area (Å²) in [4.78, 5) is 22.0. The van der Waals surface area contributed by atoms with Crippen LogP contribution in [0.5, 0.6) is 0 Å². The zero-order chi connectivity index (χ0) is 15.0. The number of carbonyl (C=O) groups is 1. The van der Waals surface area contributed by atoms with Crippen LogP contribution in [-0.2, 0) is 4.74 Å². The quantitative estimate of drug-likeness (QED) is 0.885. The number of nitrogens with zero attached hydrogens (tertiary/aromatic N) is 2. The number of ether oxygens (including phenoxy) is 1. The van der Waals surface area contributed by atoms with E-state index in [1.165, 1.54) is 11.3 Å². The van der Waals surface area contributed by atoms with E-state index in [1.54, 1.807) is 12.4 Å². The normalized spacial score (nSPS) is 21.3.